The third-order valence-electron chi connectivity index (χ3n) is 4.98. The van der Waals surface area contributed by atoms with E-state index in [1.807, 2.05) is 24.3 Å². The summed E-state index contributed by atoms with van der Waals surface area (Å²) < 4.78 is 0. The van der Waals surface area contributed by atoms with Crippen LogP contribution in [-0.2, 0) is 10.2 Å². The largest absolute Gasteiger partial charge is 0.354 e. The molecule has 114 valence electrons. The Morgan fingerprint density at radius 1 is 1.38 bits per heavy atom. The van der Waals surface area contributed by atoms with Crippen LogP contribution >= 0.6 is 11.6 Å². The molecule has 0 aromatic heterocycles. The van der Waals surface area contributed by atoms with E-state index in [4.69, 9.17) is 11.6 Å². The second-order valence-corrected chi connectivity index (χ2v) is 6.66. The van der Waals surface area contributed by atoms with Crippen LogP contribution in [0.3, 0.4) is 0 Å². The van der Waals surface area contributed by atoms with Crippen LogP contribution in [-0.4, -0.2) is 36.5 Å². The van der Waals surface area contributed by atoms with Gasteiger partial charge < -0.3 is 5.32 Å². The van der Waals surface area contributed by atoms with Gasteiger partial charge in [0, 0.05) is 17.6 Å². The molecule has 3 nitrogen and oxygen atoms in total. The standard InChI is InChI=1S/C17H23ClN2O/c1-2-20-11-3-4-15(20)12-19-16(21)17(9-10-17)13-5-7-14(18)8-6-13/h5-8,15H,2-4,9-12H2,1H3,(H,19,21)/t15-/m0/s1. The molecule has 0 radical (unpaired) electrons. The van der Waals surface area contributed by atoms with Gasteiger partial charge in [-0.3, -0.25) is 9.69 Å². The first-order chi connectivity index (χ1) is 10.2. The summed E-state index contributed by atoms with van der Waals surface area (Å²) in [6, 6.07) is 8.24. The van der Waals surface area contributed by atoms with Gasteiger partial charge in [-0.15, -0.1) is 0 Å². The minimum atomic E-state index is -0.291. The molecule has 1 aromatic carbocycles. The van der Waals surface area contributed by atoms with Crippen LogP contribution in [0.2, 0.25) is 5.02 Å². The lowest BCUT2D eigenvalue weighted by Gasteiger charge is -2.24. The summed E-state index contributed by atoms with van der Waals surface area (Å²) in [6.07, 6.45) is 4.34. The molecule has 1 amide bonds. The number of halogens is 1. The SMILES string of the molecule is CCN1CCC[C@H]1CNC(=O)C1(c2ccc(Cl)cc2)CC1. The second-order valence-electron chi connectivity index (χ2n) is 6.22. The molecular weight excluding hydrogens is 284 g/mol. The number of hydrogen-bond donors (Lipinski definition) is 1. The lowest BCUT2D eigenvalue weighted by Crippen LogP contribution is -2.43. The highest BCUT2D eigenvalue weighted by atomic mass is 35.5. The number of nitrogens with one attached hydrogen (secondary N) is 1. The number of likely N-dealkylation sites (N-methyl/N-ethyl adjacent to an activating group) is 1. The maximum Gasteiger partial charge on any atom is 0.230 e. The van der Waals surface area contributed by atoms with Crippen LogP contribution in [0.15, 0.2) is 24.3 Å². The van der Waals surface area contributed by atoms with E-state index in [1.165, 1.54) is 19.4 Å². The number of carbonyl (C=O) groups excluding carboxylic acids is 1. The number of benzene rings is 1. The van der Waals surface area contributed by atoms with E-state index in [0.717, 1.165) is 36.5 Å². The van der Waals surface area contributed by atoms with E-state index < -0.39 is 0 Å². The molecule has 1 aromatic rings. The van der Waals surface area contributed by atoms with Crippen molar-refractivity contribution in [1.82, 2.24) is 10.2 Å². The molecular formula is C17H23ClN2O. The van der Waals surface area contributed by atoms with Gasteiger partial charge in [-0.05, 0) is 56.5 Å². The minimum Gasteiger partial charge on any atom is -0.354 e. The summed E-state index contributed by atoms with van der Waals surface area (Å²) in [5.41, 5.74) is 0.809. The predicted molar refractivity (Wildman–Crippen MR) is 85.6 cm³/mol. The normalized spacial score (nSPS) is 24.0. The van der Waals surface area contributed by atoms with Crippen molar-refractivity contribution in [3.63, 3.8) is 0 Å². The lowest BCUT2D eigenvalue weighted by atomic mass is 9.95. The van der Waals surface area contributed by atoms with Gasteiger partial charge in [0.25, 0.3) is 0 Å². The van der Waals surface area contributed by atoms with Crippen molar-refractivity contribution in [2.45, 2.75) is 44.1 Å². The van der Waals surface area contributed by atoms with Gasteiger partial charge in [0.2, 0.25) is 5.91 Å². The first kappa shape index (κ1) is 14.9. The lowest BCUT2D eigenvalue weighted by molar-refractivity contribution is -0.123. The number of amides is 1. The molecule has 2 aliphatic rings. The first-order valence-electron chi connectivity index (χ1n) is 7.94. The Bertz CT molecular complexity index is 510. The topological polar surface area (TPSA) is 32.3 Å². The zero-order valence-electron chi connectivity index (χ0n) is 12.6. The summed E-state index contributed by atoms with van der Waals surface area (Å²) >= 11 is 5.93. The van der Waals surface area contributed by atoms with Crippen LogP contribution in [0.5, 0.6) is 0 Å². The van der Waals surface area contributed by atoms with Gasteiger partial charge in [-0.25, -0.2) is 0 Å². The zero-order valence-corrected chi connectivity index (χ0v) is 13.3. The number of hydrogen-bond acceptors (Lipinski definition) is 2. The Morgan fingerprint density at radius 2 is 2.10 bits per heavy atom. The highest BCUT2D eigenvalue weighted by Crippen LogP contribution is 2.48. The van der Waals surface area contributed by atoms with Gasteiger partial charge in [0.05, 0.1) is 5.41 Å². The molecule has 21 heavy (non-hydrogen) atoms. The molecule has 1 saturated heterocycles. The fraction of sp³-hybridized carbons (Fsp3) is 0.588. The van der Waals surface area contributed by atoms with E-state index >= 15 is 0 Å². The Balaban J connectivity index is 1.61. The van der Waals surface area contributed by atoms with Crippen molar-refractivity contribution in [2.24, 2.45) is 0 Å². The van der Waals surface area contributed by atoms with Crippen LogP contribution in [0.4, 0.5) is 0 Å². The van der Waals surface area contributed by atoms with E-state index in [2.05, 4.69) is 17.1 Å². The Hall–Kier alpha value is -1.06. The maximum atomic E-state index is 12.6. The fourth-order valence-corrected chi connectivity index (χ4v) is 3.59. The smallest absolute Gasteiger partial charge is 0.230 e. The van der Waals surface area contributed by atoms with Crippen molar-refractivity contribution in [2.75, 3.05) is 19.6 Å². The van der Waals surface area contributed by atoms with E-state index in [9.17, 15) is 4.79 Å². The molecule has 1 heterocycles. The summed E-state index contributed by atoms with van der Waals surface area (Å²) in [6.45, 7) is 5.21. The third kappa shape index (κ3) is 2.95. The van der Waals surface area contributed by atoms with Gasteiger partial charge in [0.15, 0.2) is 0 Å². The van der Waals surface area contributed by atoms with Crippen LogP contribution in [0.1, 0.15) is 38.2 Å². The molecule has 0 unspecified atom stereocenters. The Kier molecular flexibility index (Phi) is 4.23. The minimum absolute atomic E-state index is 0.188. The van der Waals surface area contributed by atoms with E-state index in [0.29, 0.717) is 6.04 Å². The zero-order chi connectivity index (χ0) is 14.9. The summed E-state index contributed by atoms with van der Waals surface area (Å²) in [4.78, 5) is 15.1. The van der Waals surface area contributed by atoms with Crippen LogP contribution < -0.4 is 5.32 Å². The summed E-state index contributed by atoms with van der Waals surface area (Å²) in [7, 11) is 0. The van der Waals surface area contributed by atoms with Crippen LogP contribution in [0, 0.1) is 0 Å². The van der Waals surface area contributed by atoms with Crippen LogP contribution in [0.25, 0.3) is 0 Å². The van der Waals surface area contributed by atoms with Gasteiger partial charge in [-0.1, -0.05) is 30.7 Å². The average molecular weight is 307 g/mol. The Labute approximate surface area is 131 Å². The second kappa shape index (κ2) is 5.98. The third-order valence-corrected chi connectivity index (χ3v) is 5.24. The van der Waals surface area contributed by atoms with Gasteiger partial charge in [-0.2, -0.15) is 0 Å². The fourth-order valence-electron chi connectivity index (χ4n) is 3.46. The Morgan fingerprint density at radius 3 is 2.71 bits per heavy atom. The van der Waals surface area contributed by atoms with Gasteiger partial charge in [0.1, 0.15) is 0 Å². The molecule has 0 bridgehead atoms. The van der Waals surface area contributed by atoms with Crippen molar-refractivity contribution in [3.8, 4) is 0 Å². The predicted octanol–water partition coefficient (Wildman–Crippen LogP) is 2.97. The molecule has 4 heteroatoms. The maximum absolute atomic E-state index is 12.6. The number of likely N-dealkylation sites (tertiary alicyclic amines) is 1. The summed E-state index contributed by atoms with van der Waals surface area (Å²) in [5.74, 6) is 0.188. The summed E-state index contributed by atoms with van der Waals surface area (Å²) in [5, 5.41) is 3.91. The van der Waals surface area contributed by atoms with Crippen molar-refractivity contribution in [3.05, 3.63) is 34.9 Å². The molecule has 1 N–H and O–H groups in total. The van der Waals surface area contributed by atoms with Gasteiger partial charge >= 0.3 is 0 Å². The van der Waals surface area contributed by atoms with Crippen molar-refractivity contribution in [1.29, 1.82) is 0 Å². The average Bonchev–Trinajstić information content (AvgIpc) is 3.18. The monoisotopic (exact) mass is 306 g/mol. The molecule has 3 rings (SSSR count). The highest BCUT2D eigenvalue weighted by molar-refractivity contribution is 6.30. The van der Waals surface area contributed by atoms with E-state index in [1.54, 1.807) is 0 Å². The molecule has 1 atom stereocenters. The molecule has 1 aliphatic carbocycles. The number of nitrogens with zero attached hydrogens (tertiary/aromatic N) is 1. The first-order valence-corrected chi connectivity index (χ1v) is 8.32. The number of rotatable bonds is 5. The molecule has 1 aliphatic heterocycles. The molecule has 1 saturated carbocycles. The van der Waals surface area contributed by atoms with E-state index in [-0.39, 0.29) is 11.3 Å². The quantitative estimate of drug-likeness (QED) is 0.907. The van der Waals surface area contributed by atoms with Crippen molar-refractivity contribution >= 4 is 17.5 Å². The number of carbonyl (C=O) groups is 1. The van der Waals surface area contributed by atoms with Crippen molar-refractivity contribution < 1.29 is 4.79 Å². The molecule has 2 fully saturated rings. The highest BCUT2D eigenvalue weighted by Gasteiger charge is 2.51. The molecule has 0 spiro atoms.